The van der Waals surface area contributed by atoms with E-state index in [0.717, 1.165) is 18.3 Å². The molecular formula is C11H6F4N2. The van der Waals surface area contributed by atoms with Crippen LogP contribution in [0.1, 0.15) is 5.56 Å². The Morgan fingerprint density at radius 1 is 1.06 bits per heavy atom. The molecule has 2 rings (SSSR count). The number of halogens is 4. The van der Waals surface area contributed by atoms with E-state index in [9.17, 15) is 17.6 Å². The number of rotatable bonds is 1. The second kappa shape index (κ2) is 4.12. The lowest BCUT2D eigenvalue weighted by Crippen LogP contribution is -2.04. The van der Waals surface area contributed by atoms with Gasteiger partial charge in [-0.2, -0.15) is 17.6 Å². The quantitative estimate of drug-likeness (QED) is 0.717. The largest absolute Gasteiger partial charge is 0.416 e. The highest BCUT2D eigenvalue weighted by atomic mass is 19.4. The maximum Gasteiger partial charge on any atom is 0.416 e. The molecule has 0 bridgehead atoms. The molecule has 1 aromatic carbocycles. The van der Waals surface area contributed by atoms with Crippen molar-refractivity contribution in [3.8, 4) is 11.3 Å². The van der Waals surface area contributed by atoms with Gasteiger partial charge in [-0.1, -0.05) is 12.1 Å². The lowest BCUT2D eigenvalue weighted by molar-refractivity contribution is -0.137. The third-order valence-electron chi connectivity index (χ3n) is 2.09. The van der Waals surface area contributed by atoms with Crippen LogP contribution in [-0.2, 0) is 6.18 Å². The molecule has 6 heteroatoms. The van der Waals surface area contributed by atoms with Crippen LogP contribution in [0.15, 0.2) is 36.7 Å². The normalized spacial score (nSPS) is 11.5. The summed E-state index contributed by atoms with van der Waals surface area (Å²) in [6.07, 6.45) is -2.34. The standard InChI is InChI=1S/C11H6F4N2/c12-10-6-16-5-9(17-10)7-2-1-3-8(4-7)11(13,14)15/h1-6H. The minimum atomic E-state index is -4.43. The van der Waals surface area contributed by atoms with Crippen molar-refractivity contribution in [2.45, 2.75) is 6.18 Å². The molecule has 17 heavy (non-hydrogen) atoms. The molecule has 0 N–H and O–H groups in total. The molecule has 1 heterocycles. The van der Waals surface area contributed by atoms with Crippen molar-refractivity contribution >= 4 is 0 Å². The first-order chi connectivity index (χ1) is 7.97. The molecule has 0 atom stereocenters. The Morgan fingerprint density at radius 3 is 2.47 bits per heavy atom. The third-order valence-corrected chi connectivity index (χ3v) is 2.09. The van der Waals surface area contributed by atoms with Gasteiger partial charge in [0.2, 0.25) is 5.95 Å². The molecule has 1 aromatic heterocycles. The van der Waals surface area contributed by atoms with E-state index in [0.29, 0.717) is 0 Å². The molecule has 0 aliphatic heterocycles. The van der Waals surface area contributed by atoms with Crippen LogP contribution in [0, 0.1) is 5.95 Å². The van der Waals surface area contributed by atoms with Crippen molar-refractivity contribution in [2.24, 2.45) is 0 Å². The maximum atomic E-state index is 12.8. The molecular weight excluding hydrogens is 236 g/mol. The van der Waals surface area contributed by atoms with E-state index in [1.165, 1.54) is 18.3 Å². The maximum absolute atomic E-state index is 12.8. The summed E-state index contributed by atoms with van der Waals surface area (Å²) in [5.41, 5.74) is -0.566. The van der Waals surface area contributed by atoms with E-state index >= 15 is 0 Å². The SMILES string of the molecule is Fc1cncc(-c2cccc(C(F)(F)F)c2)n1. The molecule has 2 nitrogen and oxygen atoms in total. The summed E-state index contributed by atoms with van der Waals surface area (Å²) in [5.74, 6) is -0.833. The van der Waals surface area contributed by atoms with Crippen molar-refractivity contribution in [1.82, 2.24) is 9.97 Å². The minimum Gasteiger partial charge on any atom is -0.258 e. The summed E-state index contributed by atoms with van der Waals surface area (Å²) in [6, 6.07) is 4.50. The van der Waals surface area contributed by atoms with Crippen LogP contribution in [0.25, 0.3) is 11.3 Å². The highest BCUT2D eigenvalue weighted by Crippen LogP contribution is 2.31. The Labute approximate surface area is 94.0 Å². The van der Waals surface area contributed by atoms with Crippen LogP contribution in [-0.4, -0.2) is 9.97 Å². The predicted molar refractivity (Wildman–Crippen MR) is 52.4 cm³/mol. The number of alkyl halides is 3. The molecule has 0 spiro atoms. The van der Waals surface area contributed by atoms with Gasteiger partial charge in [-0.15, -0.1) is 0 Å². The predicted octanol–water partition coefficient (Wildman–Crippen LogP) is 3.30. The van der Waals surface area contributed by atoms with Crippen molar-refractivity contribution in [3.63, 3.8) is 0 Å². The van der Waals surface area contributed by atoms with Crippen LogP contribution in [0.2, 0.25) is 0 Å². The fourth-order valence-corrected chi connectivity index (χ4v) is 1.34. The zero-order valence-corrected chi connectivity index (χ0v) is 8.37. The van der Waals surface area contributed by atoms with Gasteiger partial charge < -0.3 is 0 Å². The molecule has 2 aromatic rings. The van der Waals surface area contributed by atoms with Crippen molar-refractivity contribution in [3.05, 3.63) is 48.2 Å². The van der Waals surface area contributed by atoms with Gasteiger partial charge in [0.25, 0.3) is 0 Å². The Balaban J connectivity index is 2.47. The molecule has 0 radical (unpaired) electrons. The number of nitrogens with zero attached hydrogens (tertiary/aromatic N) is 2. The summed E-state index contributed by atoms with van der Waals surface area (Å²) in [6.45, 7) is 0. The summed E-state index contributed by atoms with van der Waals surface area (Å²) < 4.78 is 50.1. The van der Waals surface area contributed by atoms with Crippen molar-refractivity contribution in [1.29, 1.82) is 0 Å². The average Bonchev–Trinajstić information content (AvgIpc) is 2.28. The van der Waals surface area contributed by atoms with E-state index in [2.05, 4.69) is 9.97 Å². The fraction of sp³-hybridized carbons (Fsp3) is 0.0909. The Bertz CT molecular complexity index is 537. The number of hydrogen-bond acceptors (Lipinski definition) is 2. The smallest absolute Gasteiger partial charge is 0.258 e. The number of benzene rings is 1. The Morgan fingerprint density at radius 2 is 1.82 bits per heavy atom. The van der Waals surface area contributed by atoms with E-state index in [-0.39, 0.29) is 11.3 Å². The zero-order valence-electron chi connectivity index (χ0n) is 8.37. The number of aromatic nitrogens is 2. The molecule has 0 saturated heterocycles. The zero-order chi connectivity index (χ0) is 12.5. The van der Waals surface area contributed by atoms with E-state index < -0.39 is 17.7 Å². The van der Waals surface area contributed by atoms with Gasteiger partial charge in [0.15, 0.2) is 0 Å². The summed E-state index contributed by atoms with van der Waals surface area (Å²) in [4.78, 5) is 7.00. The molecule has 0 saturated carbocycles. The number of hydrogen-bond donors (Lipinski definition) is 0. The van der Waals surface area contributed by atoms with Crippen molar-refractivity contribution < 1.29 is 17.6 Å². The van der Waals surface area contributed by atoms with E-state index in [4.69, 9.17) is 0 Å². The molecule has 0 unspecified atom stereocenters. The first kappa shape index (κ1) is 11.5. The van der Waals surface area contributed by atoms with Gasteiger partial charge in [0, 0.05) is 5.56 Å². The molecule has 0 fully saturated rings. The molecule has 0 amide bonds. The molecule has 0 aliphatic rings. The second-order valence-electron chi connectivity index (χ2n) is 3.31. The lowest BCUT2D eigenvalue weighted by atomic mass is 10.1. The summed E-state index contributed by atoms with van der Waals surface area (Å²) >= 11 is 0. The van der Waals surface area contributed by atoms with Crippen LogP contribution in [0.5, 0.6) is 0 Å². The van der Waals surface area contributed by atoms with Crippen LogP contribution in [0.3, 0.4) is 0 Å². The molecule has 0 aliphatic carbocycles. The van der Waals surface area contributed by atoms with Crippen molar-refractivity contribution in [2.75, 3.05) is 0 Å². The van der Waals surface area contributed by atoms with E-state index in [1.54, 1.807) is 0 Å². The fourth-order valence-electron chi connectivity index (χ4n) is 1.34. The highest BCUT2D eigenvalue weighted by Gasteiger charge is 2.30. The van der Waals surface area contributed by atoms with Gasteiger partial charge in [0.1, 0.15) is 0 Å². The van der Waals surface area contributed by atoms with Gasteiger partial charge in [0.05, 0.1) is 23.7 Å². The molecule has 88 valence electrons. The van der Waals surface area contributed by atoms with Crippen LogP contribution < -0.4 is 0 Å². The van der Waals surface area contributed by atoms with Gasteiger partial charge >= 0.3 is 6.18 Å². The second-order valence-corrected chi connectivity index (χ2v) is 3.31. The monoisotopic (exact) mass is 242 g/mol. The summed E-state index contributed by atoms with van der Waals surface area (Å²) in [7, 11) is 0. The van der Waals surface area contributed by atoms with Crippen LogP contribution in [0.4, 0.5) is 17.6 Å². The first-order valence-corrected chi connectivity index (χ1v) is 4.62. The third kappa shape index (κ3) is 2.58. The lowest BCUT2D eigenvalue weighted by Gasteiger charge is -2.08. The van der Waals surface area contributed by atoms with Crippen LogP contribution >= 0.6 is 0 Å². The first-order valence-electron chi connectivity index (χ1n) is 4.62. The van der Waals surface area contributed by atoms with Gasteiger partial charge in [-0.3, -0.25) is 4.98 Å². The Hall–Kier alpha value is -1.98. The van der Waals surface area contributed by atoms with Gasteiger partial charge in [-0.25, -0.2) is 4.98 Å². The topological polar surface area (TPSA) is 25.8 Å². The van der Waals surface area contributed by atoms with Gasteiger partial charge in [-0.05, 0) is 12.1 Å². The van der Waals surface area contributed by atoms with E-state index in [1.807, 2.05) is 0 Å². The minimum absolute atomic E-state index is 0.0658. The average molecular weight is 242 g/mol. The Kier molecular flexibility index (Phi) is 2.79. The highest BCUT2D eigenvalue weighted by molar-refractivity contribution is 5.59. The summed E-state index contributed by atoms with van der Waals surface area (Å²) in [5, 5.41) is 0.